The molecular formula is C11H15N3O. The molecule has 4 nitrogen and oxygen atoms in total. The molecule has 0 aromatic carbocycles. The molecule has 2 amide bonds. The van der Waals surface area contributed by atoms with E-state index in [1.54, 1.807) is 18.6 Å². The second kappa shape index (κ2) is 6.59. The van der Waals surface area contributed by atoms with Crippen LogP contribution in [-0.4, -0.2) is 11.0 Å². The number of aromatic nitrogens is 1. The summed E-state index contributed by atoms with van der Waals surface area (Å²) in [5.41, 5.74) is 0.979. The maximum absolute atomic E-state index is 11.2. The molecule has 0 saturated heterocycles. The summed E-state index contributed by atoms with van der Waals surface area (Å²) in [6.45, 7) is 2.49. The highest BCUT2D eigenvalue weighted by Gasteiger charge is 1.96. The molecule has 0 atom stereocenters. The van der Waals surface area contributed by atoms with Gasteiger partial charge in [-0.2, -0.15) is 0 Å². The van der Waals surface area contributed by atoms with Crippen molar-refractivity contribution < 1.29 is 4.79 Å². The number of nitrogens with zero attached hydrogens (tertiary/aromatic N) is 1. The van der Waals surface area contributed by atoms with E-state index in [0.717, 1.165) is 12.0 Å². The lowest BCUT2D eigenvalue weighted by Gasteiger charge is -2.03. The number of carbonyl (C=O) groups is 1. The molecule has 0 fully saturated rings. The van der Waals surface area contributed by atoms with Gasteiger partial charge in [-0.05, 0) is 18.1 Å². The first-order chi connectivity index (χ1) is 7.33. The molecule has 0 aliphatic heterocycles. The number of carbonyl (C=O) groups excluding carboxylic acids is 1. The molecule has 80 valence electrons. The summed E-state index contributed by atoms with van der Waals surface area (Å²) >= 11 is 0. The van der Waals surface area contributed by atoms with Crippen molar-refractivity contribution in [3.05, 3.63) is 42.4 Å². The fourth-order valence-corrected chi connectivity index (χ4v) is 0.989. The van der Waals surface area contributed by atoms with Gasteiger partial charge in [0.25, 0.3) is 0 Å². The van der Waals surface area contributed by atoms with Crippen LogP contribution >= 0.6 is 0 Å². The SMILES string of the molecule is CC/C=C/NC(=O)NCc1cccnc1. The molecule has 1 heterocycles. The fourth-order valence-electron chi connectivity index (χ4n) is 0.989. The third kappa shape index (κ3) is 4.81. The molecule has 4 heteroatoms. The first-order valence-electron chi connectivity index (χ1n) is 4.91. The highest BCUT2D eigenvalue weighted by atomic mass is 16.2. The summed E-state index contributed by atoms with van der Waals surface area (Å²) in [4.78, 5) is 15.1. The van der Waals surface area contributed by atoms with Crippen LogP contribution in [0, 0.1) is 0 Å². The number of hydrogen-bond donors (Lipinski definition) is 2. The van der Waals surface area contributed by atoms with Gasteiger partial charge >= 0.3 is 6.03 Å². The predicted molar refractivity (Wildman–Crippen MR) is 59.0 cm³/mol. The lowest BCUT2D eigenvalue weighted by Crippen LogP contribution is -2.31. The third-order valence-corrected chi connectivity index (χ3v) is 1.74. The van der Waals surface area contributed by atoms with Gasteiger partial charge in [-0.15, -0.1) is 0 Å². The van der Waals surface area contributed by atoms with Crippen LogP contribution in [0.5, 0.6) is 0 Å². The van der Waals surface area contributed by atoms with E-state index >= 15 is 0 Å². The minimum absolute atomic E-state index is 0.205. The van der Waals surface area contributed by atoms with Gasteiger partial charge in [-0.3, -0.25) is 4.98 Å². The van der Waals surface area contributed by atoms with Crippen molar-refractivity contribution in [2.45, 2.75) is 19.9 Å². The van der Waals surface area contributed by atoms with Crippen molar-refractivity contribution >= 4 is 6.03 Å². The zero-order chi connectivity index (χ0) is 10.9. The quantitative estimate of drug-likeness (QED) is 0.787. The minimum atomic E-state index is -0.205. The molecule has 1 rings (SSSR count). The van der Waals surface area contributed by atoms with Gasteiger partial charge in [0, 0.05) is 25.1 Å². The monoisotopic (exact) mass is 205 g/mol. The van der Waals surface area contributed by atoms with Crippen LogP contribution in [0.15, 0.2) is 36.8 Å². The zero-order valence-electron chi connectivity index (χ0n) is 8.73. The maximum atomic E-state index is 11.2. The molecule has 0 radical (unpaired) electrons. The Morgan fingerprint density at radius 1 is 1.60 bits per heavy atom. The first kappa shape index (κ1) is 11.2. The summed E-state index contributed by atoms with van der Waals surface area (Å²) in [7, 11) is 0. The largest absolute Gasteiger partial charge is 0.334 e. The molecule has 0 saturated carbocycles. The second-order valence-corrected chi connectivity index (χ2v) is 3.00. The molecule has 0 aliphatic carbocycles. The van der Waals surface area contributed by atoms with Crippen molar-refractivity contribution in [2.24, 2.45) is 0 Å². The smallest absolute Gasteiger partial charge is 0.319 e. The Hall–Kier alpha value is -1.84. The van der Waals surface area contributed by atoms with Crippen molar-refractivity contribution in [1.29, 1.82) is 0 Å². The molecule has 0 aliphatic rings. The van der Waals surface area contributed by atoms with Gasteiger partial charge < -0.3 is 10.6 Å². The normalized spacial score (nSPS) is 10.2. The summed E-state index contributed by atoms with van der Waals surface area (Å²) in [6.07, 6.45) is 7.85. The van der Waals surface area contributed by atoms with Crippen LogP contribution in [0.25, 0.3) is 0 Å². The Labute approximate surface area is 89.4 Å². The second-order valence-electron chi connectivity index (χ2n) is 3.00. The van der Waals surface area contributed by atoms with Crippen LogP contribution in [0.2, 0.25) is 0 Å². The molecule has 0 unspecified atom stereocenters. The fraction of sp³-hybridized carbons (Fsp3) is 0.273. The summed E-state index contributed by atoms with van der Waals surface area (Å²) in [5, 5.41) is 5.32. The number of pyridine rings is 1. The Morgan fingerprint density at radius 2 is 2.47 bits per heavy atom. The predicted octanol–water partition coefficient (Wildman–Crippen LogP) is 1.80. The number of nitrogens with one attached hydrogen (secondary N) is 2. The molecule has 15 heavy (non-hydrogen) atoms. The van der Waals surface area contributed by atoms with Crippen LogP contribution < -0.4 is 10.6 Å². The van der Waals surface area contributed by atoms with E-state index in [1.807, 2.05) is 25.1 Å². The van der Waals surface area contributed by atoms with Crippen molar-refractivity contribution in [3.63, 3.8) is 0 Å². The van der Waals surface area contributed by atoms with Crippen molar-refractivity contribution in [2.75, 3.05) is 0 Å². The van der Waals surface area contributed by atoms with Gasteiger partial charge in [-0.25, -0.2) is 4.79 Å². The van der Waals surface area contributed by atoms with E-state index in [0.29, 0.717) is 6.54 Å². The van der Waals surface area contributed by atoms with E-state index in [1.165, 1.54) is 0 Å². The lowest BCUT2D eigenvalue weighted by atomic mass is 10.3. The van der Waals surface area contributed by atoms with Crippen LogP contribution in [0.4, 0.5) is 4.79 Å². The number of allylic oxidation sites excluding steroid dienone is 1. The van der Waals surface area contributed by atoms with E-state index in [4.69, 9.17) is 0 Å². The van der Waals surface area contributed by atoms with Gasteiger partial charge in [-0.1, -0.05) is 19.1 Å². The molecule has 2 N–H and O–H groups in total. The Bertz CT molecular complexity index is 322. The lowest BCUT2D eigenvalue weighted by molar-refractivity contribution is 0.243. The third-order valence-electron chi connectivity index (χ3n) is 1.74. The van der Waals surface area contributed by atoms with Gasteiger partial charge in [0.15, 0.2) is 0 Å². The molecule has 0 bridgehead atoms. The van der Waals surface area contributed by atoms with Crippen molar-refractivity contribution in [3.8, 4) is 0 Å². The van der Waals surface area contributed by atoms with Crippen LogP contribution in [-0.2, 0) is 6.54 Å². The van der Waals surface area contributed by atoms with E-state index in [2.05, 4.69) is 15.6 Å². The molecule has 1 aromatic rings. The highest BCUT2D eigenvalue weighted by molar-refractivity contribution is 5.74. The molecule has 1 aromatic heterocycles. The van der Waals surface area contributed by atoms with Crippen molar-refractivity contribution in [1.82, 2.24) is 15.6 Å². The average Bonchev–Trinajstić information content (AvgIpc) is 2.28. The van der Waals surface area contributed by atoms with Gasteiger partial charge in [0.2, 0.25) is 0 Å². The Balaban J connectivity index is 2.26. The number of amides is 2. The summed E-state index contributed by atoms with van der Waals surface area (Å²) in [5.74, 6) is 0. The topological polar surface area (TPSA) is 54.0 Å². The Kier molecular flexibility index (Phi) is 4.94. The number of rotatable bonds is 4. The van der Waals surface area contributed by atoms with Crippen LogP contribution in [0.3, 0.4) is 0 Å². The molecule has 0 spiro atoms. The van der Waals surface area contributed by atoms with Gasteiger partial charge in [0.1, 0.15) is 0 Å². The summed E-state index contributed by atoms with van der Waals surface area (Å²) < 4.78 is 0. The number of hydrogen-bond acceptors (Lipinski definition) is 2. The van der Waals surface area contributed by atoms with Gasteiger partial charge in [0.05, 0.1) is 0 Å². The van der Waals surface area contributed by atoms with Crippen LogP contribution in [0.1, 0.15) is 18.9 Å². The number of urea groups is 1. The first-order valence-corrected chi connectivity index (χ1v) is 4.91. The molecular weight excluding hydrogens is 190 g/mol. The highest BCUT2D eigenvalue weighted by Crippen LogP contribution is 1.93. The maximum Gasteiger partial charge on any atom is 0.319 e. The zero-order valence-corrected chi connectivity index (χ0v) is 8.73. The van der Waals surface area contributed by atoms with E-state index < -0.39 is 0 Å². The van der Waals surface area contributed by atoms with E-state index in [-0.39, 0.29) is 6.03 Å². The summed E-state index contributed by atoms with van der Waals surface area (Å²) in [6, 6.07) is 3.55. The minimum Gasteiger partial charge on any atom is -0.334 e. The van der Waals surface area contributed by atoms with E-state index in [9.17, 15) is 4.79 Å². The Morgan fingerprint density at radius 3 is 3.13 bits per heavy atom. The average molecular weight is 205 g/mol. The standard InChI is InChI=1S/C11H15N3O/c1-2-3-7-13-11(15)14-9-10-5-4-6-12-8-10/h3-8H,2,9H2,1H3,(H2,13,14,15)/b7-3+.